The second kappa shape index (κ2) is 3.93. The van der Waals surface area contributed by atoms with E-state index in [4.69, 9.17) is 9.84 Å². The van der Waals surface area contributed by atoms with Crippen molar-refractivity contribution in [2.75, 3.05) is 0 Å². The van der Waals surface area contributed by atoms with Crippen molar-refractivity contribution in [3.8, 4) is 5.75 Å². The Morgan fingerprint density at radius 2 is 2.54 bits per heavy atom. The van der Waals surface area contributed by atoms with Gasteiger partial charge in [0.2, 0.25) is 0 Å². The van der Waals surface area contributed by atoms with Crippen LogP contribution < -0.4 is 4.74 Å². The highest BCUT2D eigenvalue weighted by Crippen LogP contribution is 2.10. The zero-order chi connectivity index (χ0) is 9.84. The van der Waals surface area contributed by atoms with Gasteiger partial charge >= 0.3 is 5.97 Å². The van der Waals surface area contributed by atoms with Crippen LogP contribution in [0.15, 0.2) is 12.4 Å². The molecule has 1 rings (SSSR count). The van der Waals surface area contributed by atoms with Gasteiger partial charge in [-0.05, 0) is 6.92 Å². The minimum absolute atomic E-state index is 0.00507. The molecular formula is C8H12N2O3. The molecule has 0 saturated heterocycles. The Kier molecular flexibility index (Phi) is 2.89. The number of nitrogens with zero attached hydrogens (tertiary/aromatic N) is 2. The predicted octanol–water partition coefficient (Wildman–Crippen LogP) is 0.662. The molecule has 5 heteroatoms. The van der Waals surface area contributed by atoms with Crippen LogP contribution in [0.5, 0.6) is 5.75 Å². The minimum Gasteiger partial charge on any atom is -0.487 e. The molecule has 0 spiro atoms. The van der Waals surface area contributed by atoms with Gasteiger partial charge in [0.05, 0.1) is 18.8 Å². The highest BCUT2D eigenvalue weighted by molar-refractivity contribution is 5.67. The molecule has 0 aliphatic carbocycles. The summed E-state index contributed by atoms with van der Waals surface area (Å²) >= 11 is 0. The molecule has 1 N–H and O–H groups in total. The van der Waals surface area contributed by atoms with Crippen LogP contribution in [0.3, 0.4) is 0 Å². The monoisotopic (exact) mass is 184 g/mol. The van der Waals surface area contributed by atoms with E-state index in [0.717, 1.165) is 0 Å². The van der Waals surface area contributed by atoms with Crippen LogP contribution in [0.25, 0.3) is 0 Å². The van der Waals surface area contributed by atoms with E-state index in [1.807, 2.05) is 0 Å². The molecule has 0 aliphatic heterocycles. The number of carbonyl (C=O) groups is 1. The maximum absolute atomic E-state index is 10.3. The first-order valence-corrected chi connectivity index (χ1v) is 3.95. The summed E-state index contributed by atoms with van der Waals surface area (Å²) in [6, 6.07) is 0. The van der Waals surface area contributed by atoms with E-state index < -0.39 is 5.97 Å². The molecule has 0 unspecified atom stereocenters. The summed E-state index contributed by atoms with van der Waals surface area (Å²) in [5.74, 6) is -0.271. The van der Waals surface area contributed by atoms with E-state index in [0.29, 0.717) is 5.75 Å². The van der Waals surface area contributed by atoms with E-state index >= 15 is 0 Å². The molecule has 0 fully saturated rings. The summed E-state index contributed by atoms with van der Waals surface area (Å²) in [7, 11) is 1.77. The standard InChI is InChI=1S/C8H12N2O3/c1-6(3-8(11)12)13-7-4-9-10(2)5-7/h4-6H,3H2,1-2H3,(H,11,12)/t6-/m0/s1. The zero-order valence-corrected chi connectivity index (χ0v) is 7.60. The molecule has 13 heavy (non-hydrogen) atoms. The number of carboxylic acids is 1. The first-order chi connectivity index (χ1) is 6.08. The first kappa shape index (κ1) is 9.57. The summed E-state index contributed by atoms with van der Waals surface area (Å²) in [5, 5.41) is 12.4. The summed E-state index contributed by atoms with van der Waals surface area (Å²) in [4.78, 5) is 10.3. The molecule has 1 atom stereocenters. The zero-order valence-electron chi connectivity index (χ0n) is 7.60. The molecule has 5 nitrogen and oxygen atoms in total. The number of aliphatic carboxylic acids is 1. The van der Waals surface area contributed by atoms with Crippen molar-refractivity contribution >= 4 is 5.97 Å². The maximum atomic E-state index is 10.3. The van der Waals surface area contributed by atoms with Gasteiger partial charge in [-0.3, -0.25) is 9.48 Å². The van der Waals surface area contributed by atoms with Crippen LogP contribution in [0, 0.1) is 0 Å². The highest BCUT2D eigenvalue weighted by Gasteiger charge is 2.09. The van der Waals surface area contributed by atoms with Crippen molar-refractivity contribution < 1.29 is 14.6 Å². The summed E-state index contributed by atoms with van der Waals surface area (Å²) in [6.45, 7) is 1.71. The van der Waals surface area contributed by atoms with Gasteiger partial charge in [0, 0.05) is 7.05 Å². The Hall–Kier alpha value is -1.52. The molecule has 1 aromatic heterocycles. The Labute approximate surface area is 75.9 Å². The average molecular weight is 184 g/mol. The Morgan fingerprint density at radius 3 is 3.00 bits per heavy atom. The summed E-state index contributed by atoms with van der Waals surface area (Å²) < 4.78 is 6.88. The topological polar surface area (TPSA) is 64.3 Å². The number of hydrogen-bond donors (Lipinski definition) is 1. The molecule has 72 valence electrons. The Balaban J connectivity index is 2.44. The lowest BCUT2D eigenvalue weighted by Crippen LogP contribution is -2.16. The van der Waals surface area contributed by atoms with Gasteiger partial charge in [0.15, 0.2) is 5.75 Å². The minimum atomic E-state index is -0.864. The quantitative estimate of drug-likeness (QED) is 0.746. The molecule has 0 saturated carbocycles. The molecule has 1 aromatic rings. The van der Waals surface area contributed by atoms with Gasteiger partial charge in [-0.1, -0.05) is 0 Å². The van der Waals surface area contributed by atoms with Crippen molar-refractivity contribution in [3.05, 3.63) is 12.4 Å². The van der Waals surface area contributed by atoms with Gasteiger partial charge in [0.1, 0.15) is 6.10 Å². The third-order valence-corrected chi connectivity index (χ3v) is 1.48. The number of aryl methyl sites for hydroxylation is 1. The second-order valence-corrected chi connectivity index (χ2v) is 2.88. The van der Waals surface area contributed by atoms with Gasteiger partial charge in [-0.15, -0.1) is 0 Å². The number of aromatic nitrogens is 2. The molecule has 1 heterocycles. The second-order valence-electron chi connectivity index (χ2n) is 2.88. The largest absolute Gasteiger partial charge is 0.487 e. The van der Waals surface area contributed by atoms with E-state index in [1.54, 1.807) is 31.0 Å². The van der Waals surface area contributed by atoms with Crippen molar-refractivity contribution in [2.24, 2.45) is 7.05 Å². The van der Waals surface area contributed by atoms with E-state index in [9.17, 15) is 4.79 Å². The van der Waals surface area contributed by atoms with Crippen LogP contribution in [0.1, 0.15) is 13.3 Å². The van der Waals surface area contributed by atoms with E-state index in [1.165, 1.54) is 0 Å². The van der Waals surface area contributed by atoms with Crippen LogP contribution in [0.2, 0.25) is 0 Å². The lowest BCUT2D eigenvalue weighted by molar-refractivity contribution is -0.138. The average Bonchev–Trinajstić information content (AvgIpc) is 2.33. The Bertz CT molecular complexity index is 295. The van der Waals surface area contributed by atoms with Gasteiger partial charge in [0.25, 0.3) is 0 Å². The number of ether oxygens (including phenoxy) is 1. The molecule has 0 amide bonds. The molecule has 0 aliphatic rings. The summed E-state index contributed by atoms with van der Waals surface area (Å²) in [6.07, 6.45) is 2.91. The van der Waals surface area contributed by atoms with Crippen molar-refractivity contribution in [1.29, 1.82) is 0 Å². The van der Waals surface area contributed by atoms with Gasteiger partial charge in [-0.25, -0.2) is 0 Å². The Morgan fingerprint density at radius 1 is 1.85 bits per heavy atom. The van der Waals surface area contributed by atoms with Crippen molar-refractivity contribution in [3.63, 3.8) is 0 Å². The molecule has 0 bridgehead atoms. The summed E-state index contributed by atoms with van der Waals surface area (Å²) in [5.41, 5.74) is 0. The fraction of sp³-hybridized carbons (Fsp3) is 0.500. The van der Waals surface area contributed by atoms with Crippen molar-refractivity contribution in [1.82, 2.24) is 9.78 Å². The van der Waals surface area contributed by atoms with Crippen LogP contribution in [-0.4, -0.2) is 27.0 Å². The number of rotatable bonds is 4. The fourth-order valence-corrected chi connectivity index (χ4v) is 0.980. The highest BCUT2D eigenvalue weighted by atomic mass is 16.5. The molecular weight excluding hydrogens is 172 g/mol. The van der Waals surface area contributed by atoms with E-state index in [-0.39, 0.29) is 12.5 Å². The SMILES string of the molecule is C[C@@H](CC(=O)O)Oc1cnn(C)c1. The number of carboxylic acid groups (broad SMARTS) is 1. The number of hydrogen-bond acceptors (Lipinski definition) is 3. The smallest absolute Gasteiger partial charge is 0.307 e. The van der Waals surface area contributed by atoms with Crippen molar-refractivity contribution in [2.45, 2.75) is 19.4 Å². The predicted molar refractivity (Wildman–Crippen MR) is 45.6 cm³/mol. The fourth-order valence-electron chi connectivity index (χ4n) is 0.980. The van der Waals surface area contributed by atoms with Crippen LogP contribution >= 0.6 is 0 Å². The van der Waals surface area contributed by atoms with Crippen LogP contribution in [-0.2, 0) is 11.8 Å². The maximum Gasteiger partial charge on any atom is 0.307 e. The van der Waals surface area contributed by atoms with E-state index in [2.05, 4.69) is 5.10 Å². The van der Waals surface area contributed by atoms with Gasteiger partial charge in [-0.2, -0.15) is 5.10 Å². The third-order valence-electron chi connectivity index (χ3n) is 1.48. The van der Waals surface area contributed by atoms with Crippen LogP contribution in [0.4, 0.5) is 0 Å². The first-order valence-electron chi connectivity index (χ1n) is 3.95. The lowest BCUT2D eigenvalue weighted by atomic mass is 10.3. The lowest BCUT2D eigenvalue weighted by Gasteiger charge is -2.09. The van der Waals surface area contributed by atoms with Gasteiger partial charge < -0.3 is 9.84 Å². The molecule has 0 radical (unpaired) electrons. The molecule has 0 aromatic carbocycles. The normalized spacial score (nSPS) is 12.5. The third kappa shape index (κ3) is 3.14.